The van der Waals surface area contributed by atoms with E-state index in [-0.39, 0.29) is 23.3 Å². The number of nitrogens with zero attached hydrogens (tertiary/aromatic N) is 1. The van der Waals surface area contributed by atoms with Crippen molar-refractivity contribution in [2.45, 2.75) is 19.3 Å². The van der Waals surface area contributed by atoms with Gasteiger partial charge in [-0.25, -0.2) is 0 Å². The Bertz CT molecular complexity index is 1000. The standard InChI is InChI=1S/C20H16Cl2N2O2/c21-15-5-2-6-16(22)18(15)20(26)24-10-9-13-11-14(7-8-17(13)24)23-19(25)12-3-1-4-12/h2,5-12H,1,3-4H2,(H,23,25). The van der Waals surface area contributed by atoms with E-state index >= 15 is 0 Å². The van der Waals surface area contributed by atoms with E-state index in [0.29, 0.717) is 10.0 Å². The molecular weight excluding hydrogens is 371 g/mol. The van der Waals surface area contributed by atoms with Crippen molar-refractivity contribution >= 4 is 51.6 Å². The Balaban J connectivity index is 1.65. The van der Waals surface area contributed by atoms with Crippen molar-refractivity contribution in [2.75, 3.05) is 5.32 Å². The molecule has 2 aromatic carbocycles. The van der Waals surface area contributed by atoms with Gasteiger partial charge in [0.2, 0.25) is 5.91 Å². The maximum Gasteiger partial charge on any atom is 0.265 e. The van der Waals surface area contributed by atoms with Gasteiger partial charge in [0.05, 0.1) is 21.1 Å². The van der Waals surface area contributed by atoms with Crippen molar-refractivity contribution in [3.63, 3.8) is 0 Å². The molecule has 1 heterocycles. The highest BCUT2D eigenvalue weighted by Gasteiger charge is 2.25. The number of anilines is 1. The van der Waals surface area contributed by atoms with Gasteiger partial charge in [0.15, 0.2) is 0 Å². The molecule has 0 aliphatic heterocycles. The Labute approximate surface area is 160 Å². The molecule has 0 spiro atoms. The predicted molar refractivity (Wildman–Crippen MR) is 104 cm³/mol. The molecule has 0 unspecified atom stereocenters. The largest absolute Gasteiger partial charge is 0.326 e. The second kappa shape index (κ2) is 6.78. The van der Waals surface area contributed by atoms with E-state index in [1.54, 1.807) is 30.5 Å². The molecule has 6 heteroatoms. The molecular formula is C20H16Cl2N2O2. The summed E-state index contributed by atoms with van der Waals surface area (Å²) in [6, 6.07) is 12.3. The normalized spacial score (nSPS) is 14.2. The van der Waals surface area contributed by atoms with Crippen LogP contribution < -0.4 is 5.32 Å². The molecule has 0 saturated heterocycles. The van der Waals surface area contributed by atoms with Crippen LogP contribution in [0.15, 0.2) is 48.7 Å². The maximum absolute atomic E-state index is 12.9. The van der Waals surface area contributed by atoms with Gasteiger partial charge in [-0.15, -0.1) is 0 Å². The average molecular weight is 387 g/mol. The number of benzene rings is 2. The number of nitrogens with one attached hydrogen (secondary N) is 1. The van der Waals surface area contributed by atoms with Crippen molar-refractivity contribution in [3.8, 4) is 0 Å². The SMILES string of the molecule is O=C(Nc1ccc2c(ccn2C(=O)c2c(Cl)cccc2Cl)c1)C1CCC1. The van der Waals surface area contributed by atoms with Crippen LogP contribution in [0, 0.1) is 5.92 Å². The van der Waals surface area contributed by atoms with Crippen LogP contribution in [0.3, 0.4) is 0 Å². The zero-order valence-corrected chi connectivity index (χ0v) is 15.3. The fourth-order valence-electron chi connectivity index (χ4n) is 3.13. The highest BCUT2D eigenvalue weighted by Crippen LogP contribution is 2.30. The predicted octanol–water partition coefficient (Wildman–Crippen LogP) is 5.38. The van der Waals surface area contributed by atoms with E-state index in [1.807, 2.05) is 18.2 Å². The Morgan fingerprint density at radius 1 is 1.04 bits per heavy atom. The summed E-state index contributed by atoms with van der Waals surface area (Å²) >= 11 is 12.3. The van der Waals surface area contributed by atoms with Crippen LogP contribution in [0.4, 0.5) is 5.69 Å². The number of carbonyl (C=O) groups excluding carboxylic acids is 2. The van der Waals surface area contributed by atoms with Crippen LogP contribution in [-0.4, -0.2) is 16.4 Å². The van der Waals surface area contributed by atoms with Crippen molar-refractivity contribution in [1.82, 2.24) is 4.57 Å². The Morgan fingerprint density at radius 2 is 1.77 bits per heavy atom. The summed E-state index contributed by atoms with van der Waals surface area (Å²) < 4.78 is 1.51. The van der Waals surface area contributed by atoms with Crippen LogP contribution in [0.5, 0.6) is 0 Å². The molecule has 1 aliphatic carbocycles. The second-order valence-electron chi connectivity index (χ2n) is 6.48. The van der Waals surface area contributed by atoms with E-state index < -0.39 is 0 Å². The quantitative estimate of drug-likeness (QED) is 0.657. The summed E-state index contributed by atoms with van der Waals surface area (Å²) in [6.07, 6.45) is 4.71. The Morgan fingerprint density at radius 3 is 2.42 bits per heavy atom. The van der Waals surface area contributed by atoms with Crippen molar-refractivity contribution in [1.29, 1.82) is 0 Å². The van der Waals surface area contributed by atoms with E-state index in [0.717, 1.165) is 35.9 Å². The van der Waals surface area contributed by atoms with Crippen LogP contribution in [0.25, 0.3) is 10.9 Å². The smallest absolute Gasteiger partial charge is 0.265 e. The molecule has 4 nitrogen and oxygen atoms in total. The van der Waals surface area contributed by atoms with E-state index in [4.69, 9.17) is 23.2 Å². The monoisotopic (exact) mass is 386 g/mol. The number of hydrogen-bond acceptors (Lipinski definition) is 2. The molecule has 1 aliphatic rings. The third-order valence-electron chi connectivity index (χ3n) is 4.83. The first kappa shape index (κ1) is 17.1. The minimum Gasteiger partial charge on any atom is -0.326 e. The molecule has 3 aromatic rings. The topological polar surface area (TPSA) is 51.1 Å². The minimum atomic E-state index is -0.290. The third kappa shape index (κ3) is 3.00. The van der Waals surface area contributed by atoms with Gasteiger partial charge in [0.1, 0.15) is 0 Å². The van der Waals surface area contributed by atoms with E-state index in [1.165, 1.54) is 4.57 Å². The number of halogens is 2. The van der Waals surface area contributed by atoms with Crippen molar-refractivity contribution in [2.24, 2.45) is 5.92 Å². The zero-order valence-electron chi connectivity index (χ0n) is 13.8. The van der Waals surface area contributed by atoms with E-state index in [2.05, 4.69) is 5.32 Å². The summed E-state index contributed by atoms with van der Waals surface area (Å²) in [7, 11) is 0. The number of hydrogen-bond donors (Lipinski definition) is 1. The van der Waals surface area contributed by atoms with Gasteiger partial charge in [0.25, 0.3) is 5.91 Å². The summed E-state index contributed by atoms with van der Waals surface area (Å²) in [5.74, 6) is -0.102. The van der Waals surface area contributed by atoms with Crippen LogP contribution in [0.2, 0.25) is 10.0 Å². The molecule has 4 rings (SSSR count). The van der Waals surface area contributed by atoms with Gasteiger partial charge in [-0.1, -0.05) is 35.7 Å². The third-order valence-corrected chi connectivity index (χ3v) is 5.46. The summed E-state index contributed by atoms with van der Waals surface area (Å²) in [6.45, 7) is 0. The lowest BCUT2D eigenvalue weighted by Crippen LogP contribution is -2.27. The first-order chi connectivity index (χ1) is 12.5. The van der Waals surface area contributed by atoms with Gasteiger partial charge in [-0.05, 0) is 49.2 Å². The molecule has 0 radical (unpaired) electrons. The number of carbonyl (C=O) groups is 2. The van der Waals surface area contributed by atoms with Crippen LogP contribution >= 0.6 is 23.2 Å². The summed E-state index contributed by atoms with van der Waals surface area (Å²) in [5.41, 5.74) is 1.73. The number of amides is 1. The first-order valence-electron chi connectivity index (χ1n) is 8.45. The highest BCUT2D eigenvalue weighted by molar-refractivity contribution is 6.40. The lowest BCUT2D eigenvalue weighted by atomic mass is 9.85. The number of rotatable bonds is 3. The van der Waals surface area contributed by atoms with Gasteiger partial charge in [-0.3, -0.25) is 14.2 Å². The molecule has 0 bridgehead atoms. The van der Waals surface area contributed by atoms with Crippen molar-refractivity contribution in [3.05, 3.63) is 64.3 Å². The maximum atomic E-state index is 12.9. The molecule has 0 atom stereocenters. The molecule has 1 N–H and O–H groups in total. The number of fused-ring (bicyclic) bond motifs is 1. The highest BCUT2D eigenvalue weighted by atomic mass is 35.5. The van der Waals surface area contributed by atoms with Gasteiger partial charge >= 0.3 is 0 Å². The zero-order chi connectivity index (χ0) is 18.3. The molecule has 132 valence electrons. The lowest BCUT2D eigenvalue weighted by molar-refractivity contribution is -0.122. The van der Waals surface area contributed by atoms with Gasteiger partial charge in [0, 0.05) is 23.2 Å². The van der Waals surface area contributed by atoms with Gasteiger partial charge in [-0.2, -0.15) is 0 Å². The minimum absolute atomic E-state index is 0.0639. The lowest BCUT2D eigenvalue weighted by Gasteiger charge is -2.24. The molecule has 1 saturated carbocycles. The van der Waals surface area contributed by atoms with Crippen molar-refractivity contribution < 1.29 is 9.59 Å². The molecule has 26 heavy (non-hydrogen) atoms. The molecule has 1 aromatic heterocycles. The summed E-state index contributed by atoms with van der Waals surface area (Å²) in [5, 5.41) is 4.43. The molecule has 1 fully saturated rings. The number of aromatic nitrogens is 1. The van der Waals surface area contributed by atoms with Crippen LogP contribution in [-0.2, 0) is 4.79 Å². The molecule has 1 amide bonds. The Hall–Kier alpha value is -2.30. The summed E-state index contributed by atoms with van der Waals surface area (Å²) in [4.78, 5) is 25.0. The first-order valence-corrected chi connectivity index (χ1v) is 9.21. The second-order valence-corrected chi connectivity index (χ2v) is 7.29. The fourth-order valence-corrected chi connectivity index (χ4v) is 3.69. The van der Waals surface area contributed by atoms with E-state index in [9.17, 15) is 9.59 Å². The van der Waals surface area contributed by atoms with Gasteiger partial charge < -0.3 is 5.32 Å². The van der Waals surface area contributed by atoms with Crippen LogP contribution in [0.1, 0.15) is 29.6 Å². The fraction of sp³-hybridized carbons (Fsp3) is 0.200. The average Bonchev–Trinajstić information content (AvgIpc) is 2.96. The Kier molecular flexibility index (Phi) is 4.47.